The first-order valence-electron chi connectivity index (χ1n) is 6.86. The molecule has 23 heavy (non-hydrogen) atoms. The molecule has 0 saturated carbocycles. The van der Waals surface area contributed by atoms with Crippen molar-refractivity contribution < 1.29 is 17.4 Å². The smallest absolute Gasteiger partial charge is 0.358 e. The molecule has 6 nitrogen and oxygen atoms in total. The lowest BCUT2D eigenvalue weighted by atomic mass is 9.95. The molecule has 2 rings (SSSR count). The lowest BCUT2D eigenvalue weighted by Crippen LogP contribution is -2.16. The second-order valence-corrected chi connectivity index (χ2v) is 6.39. The number of aryl methyl sites for hydroxylation is 1. The minimum absolute atomic E-state index is 0.0588. The van der Waals surface area contributed by atoms with Crippen LogP contribution in [-0.4, -0.2) is 21.2 Å². The molecular weight excluding hydrogens is 316 g/mol. The monoisotopic (exact) mass is 332 g/mol. The summed E-state index contributed by atoms with van der Waals surface area (Å²) < 4.78 is 34.4. The van der Waals surface area contributed by atoms with Crippen molar-refractivity contribution in [1.82, 2.24) is 0 Å². The van der Waals surface area contributed by atoms with E-state index in [-0.39, 0.29) is 17.2 Å². The third-order valence-electron chi connectivity index (χ3n) is 3.31. The Kier molecular flexibility index (Phi) is 5.19. The number of rotatable bonds is 5. The first kappa shape index (κ1) is 16.8. The second-order valence-electron chi connectivity index (χ2n) is 4.89. The van der Waals surface area contributed by atoms with E-state index in [0.717, 1.165) is 0 Å². The van der Waals surface area contributed by atoms with Gasteiger partial charge in [-0.3, -0.25) is 4.28 Å². The Balaban J connectivity index is 2.30. The number of ether oxygens (including phenoxy) is 1. The number of nitrogens with zero attached hydrogens (tertiary/aromatic N) is 2. The van der Waals surface area contributed by atoms with E-state index in [2.05, 4.69) is 5.16 Å². The van der Waals surface area contributed by atoms with Crippen molar-refractivity contribution >= 4 is 15.8 Å². The van der Waals surface area contributed by atoms with Crippen LogP contribution in [0, 0.1) is 24.2 Å². The molecule has 0 spiro atoms. The van der Waals surface area contributed by atoms with Gasteiger partial charge in [-0.15, -0.1) is 0 Å². The van der Waals surface area contributed by atoms with Crippen molar-refractivity contribution in [2.75, 3.05) is 7.11 Å². The summed E-state index contributed by atoms with van der Waals surface area (Å²) in [5.41, 5.74) is 0.890. The van der Waals surface area contributed by atoms with Gasteiger partial charge in [0.25, 0.3) is 0 Å². The molecule has 120 valence electrons. The molecule has 0 fully saturated rings. The van der Waals surface area contributed by atoms with E-state index in [0.29, 0.717) is 17.0 Å². The zero-order valence-corrected chi connectivity index (χ0v) is 13.6. The van der Waals surface area contributed by atoms with E-state index >= 15 is 0 Å². The van der Waals surface area contributed by atoms with Crippen LogP contribution in [0.5, 0.6) is 0 Å². The van der Waals surface area contributed by atoms with Crippen LogP contribution >= 0.6 is 0 Å². The maximum atomic E-state index is 12.2. The van der Waals surface area contributed by atoms with Crippen LogP contribution in [0.1, 0.15) is 12.0 Å². The molecule has 0 saturated heterocycles. The highest BCUT2D eigenvalue weighted by Gasteiger charge is 2.21. The quantitative estimate of drug-likeness (QED) is 0.773. The summed E-state index contributed by atoms with van der Waals surface area (Å²) in [4.78, 5) is 0.0588. The zero-order valence-electron chi connectivity index (χ0n) is 12.8. The molecule has 0 radical (unpaired) electrons. The van der Waals surface area contributed by atoms with Gasteiger partial charge >= 0.3 is 10.1 Å². The predicted octanol–water partition coefficient (Wildman–Crippen LogP) is 2.69. The van der Waals surface area contributed by atoms with Gasteiger partial charge in [-0.25, -0.2) is 0 Å². The molecule has 0 heterocycles. The first-order chi connectivity index (χ1) is 11.0. The number of allylic oxidation sites excluding steroid dienone is 3. The molecule has 0 amide bonds. The highest BCUT2D eigenvalue weighted by atomic mass is 32.2. The number of benzene rings is 1. The Morgan fingerprint density at radius 3 is 2.74 bits per heavy atom. The third-order valence-corrected chi connectivity index (χ3v) is 4.58. The average Bonchev–Trinajstić information content (AvgIpc) is 2.54. The van der Waals surface area contributed by atoms with Crippen molar-refractivity contribution in [2.24, 2.45) is 11.1 Å². The van der Waals surface area contributed by atoms with Gasteiger partial charge < -0.3 is 4.74 Å². The van der Waals surface area contributed by atoms with Gasteiger partial charge in [0.2, 0.25) is 0 Å². The fourth-order valence-corrected chi connectivity index (χ4v) is 3.04. The van der Waals surface area contributed by atoms with Crippen LogP contribution in [0.3, 0.4) is 0 Å². The molecule has 1 aromatic carbocycles. The van der Waals surface area contributed by atoms with E-state index in [1.54, 1.807) is 43.4 Å². The average molecular weight is 332 g/mol. The zero-order chi connectivity index (χ0) is 16.9. The Labute approximate surface area is 135 Å². The van der Waals surface area contributed by atoms with Gasteiger partial charge in [-0.1, -0.05) is 29.4 Å². The number of hydrogen-bond donors (Lipinski definition) is 0. The Bertz CT molecular complexity index is 817. The molecule has 1 aliphatic carbocycles. The predicted molar refractivity (Wildman–Crippen MR) is 84.8 cm³/mol. The topological polar surface area (TPSA) is 88.8 Å². The van der Waals surface area contributed by atoms with Crippen LogP contribution in [-0.2, 0) is 19.1 Å². The summed E-state index contributed by atoms with van der Waals surface area (Å²) in [6.07, 6.45) is 5.15. The van der Waals surface area contributed by atoms with Gasteiger partial charge in [0.05, 0.1) is 18.9 Å². The molecule has 0 aliphatic heterocycles. The number of hydrogen-bond acceptors (Lipinski definition) is 6. The summed E-state index contributed by atoms with van der Waals surface area (Å²) >= 11 is 0. The molecule has 7 heteroatoms. The summed E-state index contributed by atoms with van der Waals surface area (Å²) in [5.74, 6) is 0.167. The highest BCUT2D eigenvalue weighted by molar-refractivity contribution is 7.86. The number of methoxy groups -OCH3 is 1. The molecule has 1 aromatic rings. The maximum absolute atomic E-state index is 12.2. The SMILES string of the molecule is COC1=CC(=NOS(=O)(=O)c2ccccc2C)C(CC#N)C=C1. The van der Waals surface area contributed by atoms with E-state index in [1.165, 1.54) is 13.2 Å². The normalized spacial score (nSPS) is 19.1. The Hall–Kier alpha value is -2.59. The Morgan fingerprint density at radius 1 is 1.35 bits per heavy atom. The Morgan fingerprint density at radius 2 is 2.09 bits per heavy atom. The van der Waals surface area contributed by atoms with E-state index in [4.69, 9.17) is 14.3 Å². The van der Waals surface area contributed by atoms with Crippen LogP contribution < -0.4 is 0 Å². The van der Waals surface area contributed by atoms with Gasteiger partial charge in [0.15, 0.2) is 0 Å². The molecule has 0 bridgehead atoms. The third kappa shape index (κ3) is 3.99. The van der Waals surface area contributed by atoms with Crippen molar-refractivity contribution in [3.8, 4) is 6.07 Å². The van der Waals surface area contributed by atoms with Crippen LogP contribution in [0.4, 0.5) is 0 Å². The fourth-order valence-electron chi connectivity index (χ4n) is 2.07. The molecular formula is C16H16N2O4S. The summed E-state index contributed by atoms with van der Waals surface area (Å²) in [5, 5.41) is 12.6. The highest BCUT2D eigenvalue weighted by Crippen LogP contribution is 2.21. The van der Waals surface area contributed by atoms with Crippen LogP contribution in [0.25, 0.3) is 0 Å². The summed E-state index contributed by atoms with van der Waals surface area (Å²) in [6, 6.07) is 8.51. The minimum atomic E-state index is -4.02. The minimum Gasteiger partial charge on any atom is -0.497 e. The standard InChI is InChI=1S/C16H16N2O4S/c1-12-5-3-4-6-16(12)23(19,20)22-18-15-11-14(21-2)8-7-13(15)9-10-17/h3-8,11,13H,9H2,1-2H3. The fraction of sp³-hybridized carbons (Fsp3) is 0.250. The molecule has 1 atom stereocenters. The van der Waals surface area contributed by atoms with Gasteiger partial charge in [-0.2, -0.15) is 13.7 Å². The van der Waals surface area contributed by atoms with Crippen molar-refractivity contribution in [1.29, 1.82) is 5.26 Å². The van der Waals surface area contributed by atoms with Gasteiger partial charge in [0, 0.05) is 18.4 Å². The van der Waals surface area contributed by atoms with Gasteiger partial charge in [0.1, 0.15) is 10.7 Å². The van der Waals surface area contributed by atoms with E-state index < -0.39 is 10.1 Å². The van der Waals surface area contributed by atoms with Crippen LogP contribution in [0.2, 0.25) is 0 Å². The second kappa shape index (κ2) is 7.11. The van der Waals surface area contributed by atoms with E-state index in [9.17, 15) is 8.42 Å². The maximum Gasteiger partial charge on any atom is 0.358 e. The van der Waals surface area contributed by atoms with Gasteiger partial charge in [-0.05, 0) is 24.6 Å². The first-order valence-corrected chi connectivity index (χ1v) is 8.27. The number of oxime groups is 1. The van der Waals surface area contributed by atoms with Crippen LogP contribution in [0.15, 0.2) is 58.3 Å². The number of nitriles is 1. The van der Waals surface area contributed by atoms with Crippen molar-refractivity contribution in [3.63, 3.8) is 0 Å². The molecule has 1 unspecified atom stereocenters. The summed E-state index contributed by atoms with van der Waals surface area (Å²) in [7, 11) is -2.53. The largest absolute Gasteiger partial charge is 0.497 e. The summed E-state index contributed by atoms with van der Waals surface area (Å²) in [6.45, 7) is 1.67. The lowest BCUT2D eigenvalue weighted by molar-refractivity contribution is 0.304. The molecule has 0 aromatic heterocycles. The van der Waals surface area contributed by atoms with Crippen molar-refractivity contribution in [2.45, 2.75) is 18.2 Å². The lowest BCUT2D eigenvalue weighted by Gasteiger charge is -2.15. The van der Waals surface area contributed by atoms with Crippen molar-refractivity contribution in [3.05, 3.63) is 53.8 Å². The molecule has 0 N–H and O–H groups in total. The molecule has 1 aliphatic rings. The van der Waals surface area contributed by atoms with E-state index in [1.807, 2.05) is 6.07 Å².